The van der Waals surface area contributed by atoms with Crippen LogP contribution in [0.3, 0.4) is 0 Å². The molecule has 5 heteroatoms. The van der Waals surface area contributed by atoms with Gasteiger partial charge in [-0.2, -0.15) is 0 Å². The quantitative estimate of drug-likeness (QED) is 0.877. The molecule has 20 heavy (non-hydrogen) atoms. The lowest BCUT2D eigenvalue weighted by Crippen LogP contribution is -2.46. The minimum Gasteiger partial charge on any atom is -0.394 e. The van der Waals surface area contributed by atoms with Crippen molar-refractivity contribution in [2.75, 3.05) is 24.6 Å². The zero-order valence-corrected chi connectivity index (χ0v) is 12.2. The van der Waals surface area contributed by atoms with Crippen molar-refractivity contribution >= 4 is 11.7 Å². The van der Waals surface area contributed by atoms with Gasteiger partial charge in [0, 0.05) is 13.1 Å². The molecule has 0 bridgehead atoms. The van der Waals surface area contributed by atoms with E-state index in [1.54, 1.807) is 19.9 Å². The Kier molecular flexibility index (Phi) is 4.60. The Morgan fingerprint density at radius 2 is 2.05 bits per heavy atom. The highest BCUT2D eigenvalue weighted by molar-refractivity contribution is 5.93. The molecule has 0 unspecified atom stereocenters. The number of carbonyl (C=O) groups is 1. The highest BCUT2D eigenvalue weighted by Crippen LogP contribution is 2.17. The summed E-state index contributed by atoms with van der Waals surface area (Å²) in [6.45, 7) is 5.45. The first-order chi connectivity index (χ1) is 9.52. The third-order valence-electron chi connectivity index (χ3n) is 3.49. The molecule has 1 fully saturated rings. The van der Waals surface area contributed by atoms with Crippen LogP contribution in [0.15, 0.2) is 18.2 Å². The SMILES string of the molecule is CC(C)(CO)NC(=O)c1cccc(N2CCCCC2)n1. The molecule has 1 aromatic rings. The Morgan fingerprint density at radius 1 is 1.35 bits per heavy atom. The number of aliphatic hydroxyl groups excluding tert-OH is 1. The number of rotatable bonds is 4. The maximum absolute atomic E-state index is 12.2. The highest BCUT2D eigenvalue weighted by atomic mass is 16.3. The molecule has 2 heterocycles. The monoisotopic (exact) mass is 277 g/mol. The second-order valence-electron chi connectivity index (χ2n) is 5.92. The smallest absolute Gasteiger partial charge is 0.270 e. The summed E-state index contributed by atoms with van der Waals surface area (Å²) in [7, 11) is 0. The number of nitrogens with zero attached hydrogens (tertiary/aromatic N) is 2. The normalized spacial score (nSPS) is 16.1. The lowest BCUT2D eigenvalue weighted by Gasteiger charge is -2.28. The van der Waals surface area contributed by atoms with Gasteiger partial charge in [0.1, 0.15) is 11.5 Å². The van der Waals surface area contributed by atoms with Gasteiger partial charge in [0.25, 0.3) is 5.91 Å². The van der Waals surface area contributed by atoms with Crippen LogP contribution in [0.4, 0.5) is 5.82 Å². The molecular weight excluding hydrogens is 254 g/mol. The number of aliphatic hydroxyl groups is 1. The van der Waals surface area contributed by atoms with Crippen LogP contribution >= 0.6 is 0 Å². The molecule has 0 spiro atoms. The molecule has 0 saturated carbocycles. The summed E-state index contributed by atoms with van der Waals surface area (Å²) in [5.74, 6) is 0.613. The van der Waals surface area contributed by atoms with Crippen LogP contribution in [0.2, 0.25) is 0 Å². The van der Waals surface area contributed by atoms with Crippen LogP contribution in [0.25, 0.3) is 0 Å². The molecule has 2 N–H and O–H groups in total. The zero-order valence-electron chi connectivity index (χ0n) is 12.2. The predicted octanol–water partition coefficient (Wildman–Crippen LogP) is 1.57. The molecule has 5 nitrogen and oxygen atoms in total. The fourth-order valence-corrected chi connectivity index (χ4v) is 2.26. The zero-order chi connectivity index (χ0) is 14.6. The number of hydrogen-bond acceptors (Lipinski definition) is 4. The minimum atomic E-state index is -0.639. The van der Waals surface area contributed by atoms with E-state index < -0.39 is 5.54 Å². The first-order valence-corrected chi connectivity index (χ1v) is 7.17. The minimum absolute atomic E-state index is 0.107. The van der Waals surface area contributed by atoms with Gasteiger partial charge in [-0.25, -0.2) is 4.98 Å². The lowest BCUT2D eigenvalue weighted by atomic mass is 10.1. The molecule has 1 aromatic heterocycles. The summed E-state index contributed by atoms with van der Waals surface area (Å²) in [5.41, 5.74) is -0.241. The average molecular weight is 277 g/mol. The maximum Gasteiger partial charge on any atom is 0.270 e. The molecule has 1 aliphatic rings. The Labute approximate surface area is 120 Å². The third kappa shape index (κ3) is 3.70. The van der Waals surface area contributed by atoms with E-state index in [-0.39, 0.29) is 12.5 Å². The Morgan fingerprint density at radius 3 is 2.70 bits per heavy atom. The van der Waals surface area contributed by atoms with Crippen LogP contribution in [0.1, 0.15) is 43.6 Å². The molecule has 1 saturated heterocycles. The van der Waals surface area contributed by atoms with Gasteiger partial charge in [-0.05, 0) is 45.2 Å². The number of amides is 1. The molecule has 1 aliphatic heterocycles. The summed E-state index contributed by atoms with van der Waals surface area (Å²) in [5, 5.41) is 12.0. The second-order valence-corrected chi connectivity index (χ2v) is 5.92. The molecule has 0 aromatic carbocycles. The van der Waals surface area contributed by atoms with Crippen LogP contribution in [0, 0.1) is 0 Å². The van der Waals surface area contributed by atoms with Crippen molar-refractivity contribution in [3.05, 3.63) is 23.9 Å². The van der Waals surface area contributed by atoms with Gasteiger partial charge in [0.2, 0.25) is 0 Å². The average Bonchev–Trinajstić information content (AvgIpc) is 2.48. The van der Waals surface area contributed by atoms with E-state index in [4.69, 9.17) is 0 Å². The molecule has 110 valence electrons. The summed E-state index contributed by atoms with van der Waals surface area (Å²) in [6.07, 6.45) is 3.62. The summed E-state index contributed by atoms with van der Waals surface area (Å²) >= 11 is 0. The highest BCUT2D eigenvalue weighted by Gasteiger charge is 2.21. The van der Waals surface area contributed by atoms with Gasteiger partial charge >= 0.3 is 0 Å². The Bertz CT molecular complexity index is 468. The standard InChI is InChI=1S/C15H23N3O2/c1-15(2,11-19)17-14(20)12-7-6-8-13(16-12)18-9-4-3-5-10-18/h6-8,19H,3-5,9-11H2,1-2H3,(H,17,20). The van der Waals surface area contributed by atoms with Crippen LogP contribution in [-0.4, -0.2) is 41.2 Å². The van der Waals surface area contributed by atoms with E-state index in [1.807, 2.05) is 12.1 Å². The molecule has 2 rings (SSSR count). The number of carbonyl (C=O) groups excluding carboxylic acids is 1. The Balaban J connectivity index is 2.10. The van der Waals surface area contributed by atoms with Crippen LogP contribution in [0.5, 0.6) is 0 Å². The number of nitrogens with one attached hydrogen (secondary N) is 1. The fraction of sp³-hybridized carbons (Fsp3) is 0.600. The summed E-state index contributed by atoms with van der Waals surface area (Å²) < 4.78 is 0. The first-order valence-electron chi connectivity index (χ1n) is 7.17. The van der Waals surface area contributed by atoms with Gasteiger partial charge < -0.3 is 15.3 Å². The largest absolute Gasteiger partial charge is 0.394 e. The van der Waals surface area contributed by atoms with Crippen LogP contribution < -0.4 is 10.2 Å². The fourth-order valence-electron chi connectivity index (χ4n) is 2.26. The van der Waals surface area contributed by atoms with Crippen molar-refractivity contribution < 1.29 is 9.90 Å². The van der Waals surface area contributed by atoms with E-state index in [0.717, 1.165) is 18.9 Å². The topological polar surface area (TPSA) is 65.5 Å². The number of pyridine rings is 1. The van der Waals surface area contributed by atoms with Crippen molar-refractivity contribution in [2.45, 2.75) is 38.6 Å². The van der Waals surface area contributed by atoms with E-state index in [2.05, 4.69) is 15.2 Å². The van der Waals surface area contributed by atoms with Crippen molar-refractivity contribution in [1.82, 2.24) is 10.3 Å². The van der Waals surface area contributed by atoms with Crippen LogP contribution in [-0.2, 0) is 0 Å². The summed E-state index contributed by atoms with van der Waals surface area (Å²) in [4.78, 5) is 18.8. The maximum atomic E-state index is 12.2. The van der Waals surface area contributed by atoms with Crippen molar-refractivity contribution in [1.29, 1.82) is 0 Å². The van der Waals surface area contributed by atoms with E-state index in [9.17, 15) is 9.90 Å². The second kappa shape index (κ2) is 6.22. The molecule has 1 amide bonds. The molecule has 0 aliphatic carbocycles. The van der Waals surface area contributed by atoms with Gasteiger partial charge in [0.15, 0.2) is 0 Å². The van der Waals surface area contributed by atoms with E-state index in [0.29, 0.717) is 5.69 Å². The number of aromatic nitrogens is 1. The van der Waals surface area contributed by atoms with Gasteiger partial charge in [-0.1, -0.05) is 6.07 Å². The molecule has 0 radical (unpaired) electrons. The van der Waals surface area contributed by atoms with Crippen molar-refractivity contribution in [3.8, 4) is 0 Å². The van der Waals surface area contributed by atoms with Crippen molar-refractivity contribution in [3.63, 3.8) is 0 Å². The third-order valence-corrected chi connectivity index (χ3v) is 3.49. The van der Waals surface area contributed by atoms with Crippen molar-refractivity contribution in [2.24, 2.45) is 0 Å². The van der Waals surface area contributed by atoms with Gasteiger partial charge in [0.05, 0.1) is 12.1 Å². The number of piperidine rings is 1. The van der Waals surface area contributed by atoms with E-state index >= 15 is 0 Å². The molecular formula is C15H23N3O2. The van der Waals surface area contributed by atoms with Gasteiger partial charge in [-0.3, -0.25) is 4.79 Å². The lowest BCUT2D eigenvalue weighted by molar-refractivity contribution is 0.0864. The molecule has 0 atom stereocenters. The first kappa shape index (κ1) is 14.8. The predicted molar refractivity (Wildman–Crippen MR) is 78.9 cm³/mol. The summed E-state index contributed by atoms with van der Waals surface area (Å²) in [6, 6.07) is 5.51. The number of hydrogen-bond donors (Lipinski definition) is 2. The number of anilines is 1. The Hall–Kier alpha value is -1.62. The van der Waals surface area contributed by atoms with Gasteiger partial charge in [-0.15, -0.1) is 0 Å². The van der Waals surface area contributed by atoms with E-state index in [1.165, 1.54) is 19.3 Å².